The molecule has 0 atom stereocenters. The summed E-state index contributed by atoms with van der Waals surface area (Å²) >= 11 is 5.26. The Morgan fingerprint density at radius 1 is 1.19 bits per heavy atom. The molecule has 0 fully saturated rings. The lowest BCUT2D eigenvalue weighted by Gasteiger charge is -2.24. The van der Waals surface area contributed by atoms with E-state index in [2.05, 4.69) is 63.3 Å². The zero-order valence-electron chi connectivity index (χ0n) is 11.9. The van der Waals surface area contributed by atoms with E-state index in [1.165, 1.54) is 5.56 Å². The summed E-state index contributed by atoms with van der Waals surface area (Å²) in [6, 6.07) is 8.24. The topological polar surface area (TPSA) is 37.8 Å². The molecule has 0 aliphatic carbocycles. The van der Waals surface area contributed by atoms with E-state index in [4.69, 9.17) is 0 Å². The Hall–Kier alpha value is -1.30. The molecule has 0 saturated carbocycles. The largest absolute Gasteiger partial charge is 0.302 e. The summed E-state index contributed by atoms with van der Waals surface area (Å²) in [7, 11) is 0. The Morgan fingerprint density at radius 2 is 2.05 bits per heavy atom. The second-order valence-corrected chi connectivity index (χ2v) is 7.17. The highest BCUT2D eigenvalue weighted by Crippen LogP contribution is 2.27. The summed E-state index contributed by atoms with van der Waals surface area (Å²) in [6.45, 7) is 5.06. The van der Waals surface area contributed by atoms with Crippen molar-refractivity contribution in [1.82, 2.24) is 15.3 Å². The Morgan fingerprint density at radius 3 is 2.81 bits per heavy atom. The molecule has 0 bridgehead atoms. The number of aromatic nitrogens is 2. The van der Waals surface area contributed by atoms with Gasteiger partial charge in [-0.2, -0.15) is 0 Å². The maximum absolute atomic E-state index is 4.52. The Bertz CT molecular complexity index is 753. The lowest BCUT2D eigenvalue weighted by Crippen LogP contribution is -2.35. The van der Waals surface area contributed by atoms with Crippen molar-refractivity contribution in [3.05, 3.63) is 57.1 Å². The predicted molar refractivity (Wildman–Crippen MR) is 91.4 cm³/mol. The Labute approximate surface area is 136 Å². The van der Waals surface area contributed by atoms with Gasteiger partial charge >= 0.3 is 0 Å². The van der Waals surface area contributed by atoms with Gasteiger partial charge in [0.2, 0.25) is 0 Å². The van der Waals surface area contributed by atoms with Gasteiger partial charge in [-0.1, -0.05) is 28.1 Å². The predicted octanol–water partition coefficient (Wildman–Crippen LogP) is 4.48. The fourth-order valence-electron chi connectivity index (χ4n) is 2.26. The van der Waals surface area contributed by atoms with Crippen LogP contribution in [0.3, 0.4) is 0 Å². The molecule has 3 rings (SSSR count). The highest BCUT2D eigenvalue weighted by atomic mass is 79.9. The summed E-state index contributed by atoms with van der Waals surface area (Å²) in [5, 5.41) is 7.83. The van der Waals surface area contributed by atoms with Gasteiger partial charge in [0, 0.05) is 34.2 Å². The maximum Gasteiger partial charge on any atom is 0.112 e. The molecule has 0 aliphatic heterocycles. The van der Waals surface area contributed by atoms with E-state index in [1.54, 1.807) is 11.3 Å². The monoisotopic (exact) mass is 361 g/mol. The lowest BCUT2D eigenvalue weighted by molar-refractivity contribution is 0.400. The molecule has 1 aromatic carbocycles. The van der Waals surface area contributed by atoms with E-state index >= 15 is 0 Å². The van der Waals surface area contributed by atoms with Crippen molar-refractivity contribution in [3.63, 3.8) is 0 Å². The van der Waals surface area contributed by atoms with E-state index in [-0.39, 0.29) is 5.54 Å². The summed E-state index contributed by atoms with van der Waals surface area (Å²) in [5.74, 6) is 0. The first-order valence-corrected chi connectivity index (χ1v) is 8.42. The molecule has 5 heteroatoms. The minimum absolute atomic E-state index is 0.150. The number of benzene rings is 1. The van der Waals surface area contributed by atoms with E-state index in [0.29, 0.717) is 0 Å². The van der Waals surface area contributed by atoms with E-state index in [1.807, 2.05) is 23.8 Å². The summed E-state index contributed by atoms with van der Waals surface area (Å²) in [4.78, 5) is 8.93. The van der Waals surface area contributed by atoms with Gasteiger partial charge in [-0.05, 0) is 31.5 Å². The zero-order chi connectivity index (χ0) is 14.9. The number of nitrogens with one attached hydrogen (secondary N) is 1. The molecule has 3 aromatic rings. The molecule has 0 radical (unpaired) electrons. The number of hydrogen-bond acceptors (Lipinski definition) is 4. The van der Waals surface area contributed by atoms with Gasteiger partial charge < -0.3 is 5.32 Å². The zero-order valence-corrected chi connectivity index (χ0v) is 14.3. The third kappa shape index (κ3) is 3.00. The van der Waals surface area contributed by atoms with Crippen molar-refractivity contribution in [2.45, 2.75) is 25.9 Å². The second-order valence-electron chi connectivity index (χ2n) is 5.42. The molecule has 21 heavy (non-hydrogen) atoms. The van der Waals surface area contributed by atoms with Crippen LogP contribution in [0.25, 0.3) is 10.9 Å². The minimum Gasteiger partial charge on any atom is -0.302 e. The lowest BCUT2D eigenvalue weighted by atomic mass is 10.0. The average Bonchev–Trinajstić information content (AvgIpc) is 3.02. The molecular weight excluding hydrogens is 346 g/mol. The van der Waals surface area contributed by atoms with Crippen molar-refractivity contribution in [2.24, 2.45) is 0 Å². The molecule has 2 aromatic heterocycles. The van der Waals surface area contributed by atoms with Crippen LogP contribution >= 0.6 is 27.3 Å². The van der Waals surface area contributed by atoms with Crippen molar-refractivity contribution in [1.29, 1.82) is 0 Å². The first kappa shape index (κ1) is 14.6. The van der Waals surface area contributed by atoms with Gasteiger partial charge in [0.25, 0.3) is 0 Å². The number of nitrogens with zero attached hydrogens (tertiary/aromatic N) is 2. The molecule has 0 saturated heterocycles. The van der Waals surface area contributed by atoms with Crippen molar-refractivity contribution < 1.29 is 0 Å². The molecule has 108 valence electrons. The number of halogens is 1. The van der Waals surface area contributed by atoms with Crippen LogP contribution in [-0.4, -0.2) is 9.97 Å². The van der Waals surface area contributed by atoms with Crippen LogP contribution in [0.1, 0.15) is 24.4 Å². The van der Waals surface area contributed by atoms with E-state index in [0.717, 1.165) is 26.9 Å². The number of thiazole rings is 1. The third-order valence-corrected chi connectivity index (χ3v) is 5.28. The molecule has 1 N–H and O–H groups in total. The van der Waals surface area contributed by atoms with Crippen molar-refractivity contribution in [3.8, 4) is 0 Å². The second kappa shape index (κ2) is 5.83. The molecule has 3 nitrogen and oxygen atoms in total. The minimum atomic E-state index is -0.150. The van der Waals surface area contributed by atoms with Crippen LogP contribution in [0, 0.1) is 0 Å². The molecule has 0 spiro atoms. The smallest absolute Gasteiger partial charge is 0.112 e. The fourth-order valence-corrected chi connectivity index (χ4v) is 3.45. The fraction of sp³-hybridized carbons (Fsp3) is 0.250. The molecule has 0 amide bonds. The Balaban J connectivity index is 1.88. The van der Waals surface area contributed by atoms with Crippen LogP contribution in [0.5, 0.6) is 0 Å². The highest BCUT2D eigenvalue weighted by Gasteiger charge is 2.22. The summed E-state index contributed by atoms with van der Waals surface area (Å²) < 4.78 is 1.08. The van der Waals surface area contributed by atoms with Gasteiger partial charge in [0.15, 0.2) is 0 Å². The maximum atomic E-state index is 4.52. The van der Waals surface area contributed by atoms with Gasteiger partial charge in [-0.15, -0.1) is 11.3 Å². The summed E-state index contributed by atoms with van der Waals surface area (Å²) in [5.41, 5.74) is 2.08. The number of fused-ring (bicyclic) bond motifs is 1. The molecule has 0 unspecified atom stereocenters. The number of hydrogen-bond donors (Lipinski definition) is 1. The van der Waals surface area contributed by atoms with Crippen LogP contribution in [0.2, 0.25) is 0 Å². The highest BCUT2D eigenvalue weighted by molar-refractivity contribution is 9.10. The van der Waals surface area contributed by atoms with Gasteiger partial charge in [0.1, 0.15) is 5.01 Å². The van der Waals surface area contributed by atoms with E-state index in [9.17, 15) is 0 Å². The van der Waals surface area contributed by atoms with Crippen molar-refractivity contribution >= 4 is 38.2 Å². The quantitative estimate of drug-likeness (QED) is 0.744. The van der Waals surface area contributed by atoms with Gasteiger partial charge in [-0.25, -0.2) is 4.98 Å². The Kier molecular flexibility index (Phi) is 4.06. The normalized spacial score (nSPS) is 12.0. The summed E-state index contributed by atoms with van der Waals surface area (Å²) in [6.07, 6.45) is 3.68. The molecule has 2 heterocycles. The first-order valence-electron chi connectivity index (χ1n) is 6.75. The van der Waals surface area contributed by atoms with Gasteiger partial charge in [0.05, 0.1) is 11.1 Å². The first-order chi connectivity index (χ1) is 10.1. The van der Waals surface area contributed by atoms with E-state index < -0.39 is 0 Å². The van der Waals surface area contributed by atoms with Crippen LogP contribution in [0.4, 0.5) is 0 Å². The SMILES string of the molecule is CC(C)(NCc1ccc(Br)c2cccnc12)c1nccs1. The van der Waals surface area contributed by atoms with Crippen molar-refractivity contribution in [2.75, 3.05) is 0 Å². The number of pyridine rings is 1. The molecule has 0 aliphatic rings. The van der Waals surface area contributed by atoms with Gasteiger partial charge in [-0.3, -0.25) is 4.98 Å². The standard InChI is InChI=1S/C16H16BrN3S/c1-16(2,15-19-8-9-21-15)20-10-11-5-6-13(17)12-4-3-7-18-14(11)12/h3-9,20H,10H2,1-2H3. The third-order valence-electron chi connectivity index (χ3n) is 3.49. The average molecular weight is 362 g/mol. The molecular formula is C16H16BrN3S. The van der Waals surface area contributed by atoms with Crippen LogP contribution in [0.15, 0.2) is 46.5 Å². The van der Waals surface area contributed by atoms with Crippen LogP contribution < -0.4 is 5.32 Å². The van der Waals surface area contributed by atoms with Crippen LogP contribution in [-0.2, 0) is 12.1 Å². The number of rotatable bonds is 4.